The molecule has 0 unspecified atom stereocenters. The van der Waals surface area contributed by atoms with Crippen LogP contribution in [0.25, 0.3) is 88.1 Å². The number of hydrogen-bond donors (Lipinski definition) is 0. The van der Waals surface area contributed by atoms with Crippen LogP contribution in [0.2, 0.25) is 0 Å². The monoisotopic (exact) mass is 863 g/mol. The fourth-order valence-electron chi connectivity index (χ4n) is 8.67. The Hall–Kier alpha value is -8.18. The quantitative estimate of drug-likeness (QED) is 0.116. The van der Waals surface area contributed by atoms with Crippen molar-refractivity contribution in [2.24, 2.45) is 0 Å². The largest absolute Gasteiger partial charge is 0.454 e. The van der Waals surface area contributed by atoms with Gasteiger partial charge in [-0.2, -0.15) is 0 Å². The van der Waals surface area contributed by atoms with Crippen LogP contribution in [0.1, 0.15) is 42.5 Å². The highest BCUT2D eigenvalue weighted by Gasteiger charge is 2.42. The number of aromatic nitrogens is 2. The van der Waals surface area contributed by atoms with Crippen LogP contribution >= 0.6 is 0 Å². The van der Waals surface area contributed by atoms with Crippen molar-refractivity contribution in [3.05, 3.63) is 242 Å². The molecule has 13 rings (SSSR count). The molecule has 10 aromatic carbocycles. The summed E-state index contributed by atoms with van der Waals surface area (Å²) in [7, 11) is -6.64. The summed E-state index contributed by atoms with van der Waals surface area (Å²) in [6.45, 7) is 0. The molecule has 0 atom stereocenters. The predicted molar refractivity (Wildman–Crippen MR) is 271 cm³/mol. The van der Waals surface area contributed by atoms with Gasteiger partial charge < -0.3 is 13.6 Å². The minimum Gasteiger partial charge on any atom is -0.454 e. The Kier molecular flexibility index (Phi) is 3.88. The zero-order valence-electron chi connectivity index (χ0n) is 63.5. The molecule has 13 aromatic rings. The first-order valence-corrected chi connectivity index (χ1v) is 21.5. The zero-order chi connectivity index (χ0) is 69.2. The summed E-state index contributed by atoms with van der Waals surface area (Å²) in [5.74, 6) is 0. The van der Waals surface area contributed by atoms with E-state index >= 15 is 0 Å². The number of fused-ring (bicyclic) bond motifs is 10. The number of benzene rings is 10. The summed E-state index contributed by atoms with van der Waals surface area (Å²) >= 11 is 0. The van der Waals surface area contributed by atoms with Gasteiger partial charge in [-0.1, -0.05) is 200 Å². The van der Waals surface area contributed by atoms with E-state index in [4.69, 9.17) is 19.5 Å². The Morgan fingerprint density at radius 2 is 0.953 bits per heavy atom. The van der Waals surface area contributed by atoms with E-state index in [0.717, 1.165) is 0 Å². The molecule has 3 aromatic heterocycles. The molecule has 3 heterocycles. The number of hydrogen-bond acceptors (Lipinski definition) is 1. The van der Waals surface area contributed by atoms with Crippen molar-refractivity contribution in [2.75, 3.05) is 0 Å². The van der Waals surface area contributed by atoms with E-state index in [2.05, 4.69) is 0 Å². The fraction of sp³-hybridized carbons (Fsp3) is 0. The number of nitrogens with zero attached hydrogens (tertiary/aromatic N) is 2. The molecule has 0 amide bonds. The van der Waals surface area contributed by atoms with Crippen molar-refractivity contribution in [1.29, 1.82) is 0 Å². The maximum Gasteiger partial charge on any atom is 0.179 e. The third kappa shape index (κ3) is 5.33. The van der Waals surface area contributed by atoms with Crippen molar-refractivity contribution in [1.82, 2.24) is 9.13 Å². The summed E-state index contributed by atoms with van der Waals surface area (Å²) in [5, 5.41) is -4.62. The first-order chi connectivity index (χ1) is 44.7. The van der Waals surface area contributed by atoms with Crippen molar-refractivity contribution in [3.8, 4) is 22.5 Å². The molecule has 0 aliphatic rings. The SMILES string of the molecule is [2H]c1c([2H])c([2H])c(-c2c([2H])c([2H])c([2H])c([Si](c3c([2H])c([2H])c([2H])c([2H])c3[2H])(c3c([2H])c([2H])c([2H])c([2H])c3[2H])c3c([2H])c([2H])c([2H])c(-n4c5ccccc5c5cc(-n6c7c([2H])c([2H])c([2H])c([2H])c7c7c([2H])c([2H])c([2H])c([2H])c76)c6oc7ccccc7c6c54)c3[2H])c2[2H])c([2H])c1[2H]. The van der Waals surface area contributed by atoms with Crippen molar-refractivity contribution in [3.63, 3.8) is 0 Å². The third-order valence-corrected chi connectivity index (χ3v) is 15.2. The molecule has 0 aliphatic carbocycles. The molecule has 4 heteroatoms. The van der Waals surface area contributed by atoms with Crippen LogP contribution < -0.4 is 20.7 Å². The molecular weight excluding hydrogens is 793 g/mol. The minimum atomic E-state index is -6.64. The van der Waals surface area contributed by atoms with E-state index in [1.165, 1.54) is 27.3 Å². The second kappa shape index (κ2) is 14.5. The average molecular weight is 864 g/mol. The van der Waals surface area contributed by atoms with Gasteiger partial charge in [0.15, 0.2) is 13.7 Å². The van der Waals surface area contributed by atoms with Crippen LogP contribution in [0.4, 0.5) is 0 Å². The molecule has 0 N–H and O–H groups in total. The topological polar surface area (TPSA) is 23.0 Å². The maximum absolute atomic E-state index is 10.9. The van der Waals surface area contributed by atoms with E-state index in [1.54, 1.807) is 36.4 Å². The lowest BCUT2D eigenvalue weighted by Crippen LogP contribution is -2.74. The van der Waals surface area contributed by atoms with Crippen molar-refractivity contribution < 1.29 is 46.9 Å². The summed E-state index contributed by atoms with van der Waals surface area (Å²) in [5.41, 5.74) is -3.58. The van der Waals surface area contributed by atoms with Crippen LogP contribution in [-0.4, -0.2) is 17.2 Å². The Morgan fingerprint density at radius 3 is 1.66 bits per heavy atom. The van der Waals surface area contributed by atoms with Gasteiger partial charge in [0.25, 0.3) is 0 Å². The lowest BCUT2D eigenvalue weighted by Gasteiger charge is -2.35. The van der Waals surface area contributed by atoms with Gasteiger partial charge in [-0.3, -0.25) is 0 Å². The highest BCUT2D eigenvalue weighted by atomic mass is 28.3. The number of furan rings is 1. The highest BCUT2D eigenvalue weighted by molar-refractivity contribution is 7.20. The van der Waals surface area contributed by atoms with E-state index in [-0.39, 0.29) is 71.2 Å². The first-order valence-electron chi connectivity index (χ1n) is 35.0. The molecule has 64 heavy (non-hydrogen) atoms. The maximum atomic E-state index is 10.9. The van der Waals surface area contributed by atoms with Crippen LogP contribution in [0.5, 0.6) is 0 Å². The van der Waals surface area contributed by atoms with Gasteiger partial charge in [0.2, 0.25) is 0 Å². The zero-order valence-corrected chi connectivity index (χ0v) is 33.5. The first kappa shape index (κ1) is 17.2. The molecule has 0 bridgehead atoms. The molecule has 0 saturated heterocycles. The van der Waals surface area contributed by atoms with Gasteiger partial charge >= 0.3 is 0 Å². The normalized spacial score (nSPS) is 18.8. The van der Waals surface area contributed by atoms with E-state index < -0.39 is 233 Å². The van der Waals surface area contributed by atoms with E-state index in [1.807, 2.05) is 0 Å². The van der Waals surface area contributed by atoms with Crippen LogP contribution in [0, 0.1) is 0 Å². The summed E-state index contributed by atoms with van der Waals surface area (Å²) in [4.78, 5) is 0. The predicted octanol–water partition coefficient (Wildman–Crippen LogP) is 12.8. The Morgan fingerprint density at radius 1 is 0.406 bits per heavy atom. The van der Waals surface area contributed by atoms with Gasteiger partial charge in [0.1, 0.15) is 5.58 Å². The van der Waals surface area contributed by atoms with Crippen molar-refractivity contribution >= 4 is 94.4 Å². The van der Waals surface area contributed by atoms with Crippen LogP contribution in [0.15, 0.2) is 246 Å². The van der Waals surface area contributed by atoms with Crippen LogP contribution in [-0.2, 0) is 0 Å². The standard InChI is InChI=1S/C60H40N2OSi/c1-4-20-41(21-5-1)42-22-18-28-46(38-42)64(44-24-6-2-7-25-44,45-26-8-3-9-27-45)47-29-19-23-43(39-47)61-53-34-14-12-32-50(53)52-40-56(60-58(59(52)61)51-33-13-17-37-57(51)63-60)62-54-35-15-10-30-48(54)49-31-11-16-36-55(49)62/h1-40H/i1D,2D,3D,4D,5D,6D,7D,8D,9D,10D,11D,15D,16D,18D,19D,20D,21D,22D,23D,24D,25D,26D,27D,28D,29D,30D,31D,35D,36D,38D,39D. The molecule has 3 nitrogen and oxygen atoms in total. The van der Waals surface area contributed by atoms with Gasteiger partial charge in [0.05, 0.1) is 75.6 Å². The molecule has 300 valence electrons. The Bertz CT molecular complexity index is 5540. The van der Waals surface area contributed by atoms with Gasteiger partial charge in [-0.15, -0.1) is 0 Å². The highest BCUT2D eigenvalue weighted by Crippen LogP contribution is 2.45. The smallest absolute Gasteiger partial charge is 0.179 e. The van der Waals surface area contributed by atoms with Gasteiger partial charge in [-0.25, -0.2) is 0 Å². The number of rotatable bonds is 7. The summed E-state index contributed by atoms with van der Waals surface area (Å²) in [6, 6.07) is -18.8. The minimum absolute atomic E-state index is 0.0260. The molecule has 0 spiro atoms. The molecule has 0 saturated carbocycles. The van der Waals surface area contributed by atoms with Crippen LogP contribution in [0.3, 0.4) is 0 Å². The second-order valence-corrected chi connectivity index (χ2v) is 18.0. The molecule has 0 aliphatic heterocycles. The molecule has 0 fully saturated rings. The molecular formula is C60H40N2OSi. The van der Waals surface area contributed by atoms with Crippen molar-refractivity contribution in [2.45, 2.75) is 0 Å². The Balaban J connectivity index is 1.32. The summed E-state index contributed by atoms with van der Waals surface area (Å²) in [6.07, 6.45) is 0. The Labute approximate surface area is 414 Å². The van der Waals surface area contributed by atoms with E-state index in [0.29, 0.717) is 0 Å². The van der Waals surface area contributed by atoms with Gasteiger partial charge in [-0.05, 0) is 74.2 Å². The second-order valence-electron chi connectivity index (χ2n) is 14.5. The number of para-hydroxylation sites is 4. The average Bonchev–Trinajstić information content (AvgIpc) is 1.49. The third-order valence-electron chi connectivity index (χ3n) is 11.2. The van der Waals surface area contributed by atoms with Gasteiger partial charge in [0, 0.05) is 32.6 Å². The van der Waals surface area contributed by atoms with E-state index in [9.17, 15) is 27.4 Å². The fourth-order valence-corrected chi connectivity index (χ4v) is 12.3. The lowest BCUT2D eigenvalue weighted by atomic mass is 10.1. The molecule has 0 radical (unpaired) electrons. The lowest BCUT2D eigenvalue weighted by molar-refractivity contribution is 0.666. The summed E-state index contributed by atoms with van der Waals surface area (Å²) < 4.78 is 300.